The van der Waals surface area contributed by atoms with Crippen LogP contribution in [0.5, 0.6) is 11.5 Å². The van der Waals surface area contributed by atoms with Gasteiger partial charge in [0.2, 0.25) is 0 Å². The molecular weight excluding hydrogens is 483 g/mol. The third-order valence-electron chi connectivity index (χ3n) is 4.03. The smallest absolute Gasteiger partial charge is 0.173 e. The van der Waals surface area contributed by atoms with Crippen LogP contribution < -0.4 is 10.1 Å². The van der Waals surface area contributed by atoms with E-state index in [0.29, 0.717) is 10.2 Å². The Labute approximate surface area is 173 Å². The van der Waals surface area contributed by atoms with Gasteiger partial charge in [0, 0.05) is 36.7 Å². The molecule has 2 N–H and O–H groups in total. The summed E-state index contributed by atoms with van der Waals surface area (Å²) < 4.78 is 6.88. The molecule has 0 unspecified atom stereocenters. The highest BCUT2D eigenvalue weighted by Gasteiger charge is 2.35. The first-order valence-corrected chi connectivity index (χ1v) is 9.05. The molecule has 0 bridgehead atoms. The average molecular weight is 509 g/mol. The predicted octanol–water partition coefficient (Wildman–Crippen LogP) is 4.76. The summed E-state index contributed by atoms with van der Waals surface area (Å²) in [6.07, 6.45) is 0. The summed E-state index contributed by atoms with van der Waals surface area (Å²) >= 11 is 7.12. The Hall–Kier alpha value is 0.280. The van der Waals surface area contributed by atoms with Crippen molar-refractivity contribution in [2.45, 2.75) is 26.8 Å². The molecule has 1 heterocycles. The fourth-order valence-corrected chi connectivity index (χ4v) is 4.06. The molecule has 1 atom stereocenters. The van der Waals surface area contributed by atoms with Gasteiger partial charge < -0.3 is 15.2 Å². The molecule has 2 rings (SSSR count). The number of methoxy groups -OCH3 is 1. The van der Waals surface area contributed by atoms with Crippen molar-refractivity contribution in [2.75, 3.05) is 33.3 Å². The summed E-state index contributed by atoms with van der Waals surface area (Å²) in [5.74, 6) is 0.626. The van der Waals surface area contributed by atoms with Crippen molar-refractivity contribution < 1.29 is 9.84 Å². The van der Waals surface area contributed by atoms with E-state index in [1.165, 1.54) is 0 Å². The lowest BCUT2D eigenvalue weighted by molar-refractivity contribution is 0.0854. The number of hydrogen-bond acceptors (Lipinski definition) is 4. The van der Waals surface area contributed by atoms with Crippen molar-refractivity contribution in [2.24, 2.45) is 5.41 Å². The minimum Gasteiger partial charge on any atom is -0.503 e. The van der Waals surface area contributed by atoms with Gasteiger partial charge >= 0.3 is 0 Å². The maximum absolute atomic E-state index is 10.2. The van der Waals surface area contributed by atoms with Crippen molar-refractivity contribution in [1.29, 1.82) is 0 Å². The molecule has 0 aromatic heterocycles. The molecule has 0 amide bonds. The monoisotopic (exact) mass is 506 g/mol. The van der Waals surface area contributed by atoms with Gasteiger partial charge in [-0.05, 0) is 48.9 Å². The first-order chi connectivity index (χ1) is 10.3. The molecule has 24 heavy (non-hydrogen) atoms. The van der Waals surface area contributed by atoms with Crippen molar-refractivity contribution >= 4 is 56.7 Å². The fraction of sp³-hybridized carbons (Fsp3) is 0.625. The van der Waals surface area contributed by atoms with E-state index in [1.54, 1.807) is 7.11 Å². The summed E-state index contributed by atoms with van der Waals surface area (Å²) in [4.78, 5) is 2.50. The van der Waals surface area contributed by atoms with Crippen LogP contribution in [0.15, 0.2) is 15.0 Å². The maximum atomic E-state index is 10.2. The quantitative estimate of drug-likeness (QED) is 0.618. The molecular formula is C16H26Br2Cl2N2O2. The van der Waals surface area contributed by atoms with E-state index in [-0.39, 0.29) is 42.0 Å². The molecule has 0 saturated carbocycles. The number of phenols is 1. The SMILES string of the molecule is COc1cc([C@@H](N2CCNCC2)C(C)(C)C)c(Br)c(Br)c1O.Cl.Cl. The molecule has 0 spiro atoms. The molecule has 1 aromatic carbocycles. The topological polar surface area (TPSA) is 44.7 Å². The lowest BCUT2D eigenvalue weighted by Gasteiger charge is -2.43. The molecule has 1 saturated heterocycles. The van der Waals surface area contributed by atoms with Gasteiger partial charge in [-0.1, -0.05) is 20.8 Å². The second kappa shape index (κ2) is 9.83. The first-order valence-electron chi connectivity index (χ1n) is 7.47. The van der Waals surface area contributed by atoms with E-state index in [9.17, 15) is 5.11 Å². The summed E-state index contributed by atoms with van der Waals surface area (Å²) in [7, 11) is 1.58. The van der Waals surface area contributed by atoms with Crippen molar-refractivity contribution in [1.82, 2.24) is 10.2 Å². The number of nitrogens with one attached hydrogen (secondary N) is 1. The van der Waals surface area contributed by atoms with Crippen LogP contribution in [0.25, 0.3) is 0 Å². The maximum Gasteiger partial charge on any atom is 0.173 e. The Morgan fingerprint density at radius 1 is 1.17 bits per heavy atom. The van der Waals surface area contributed by atoms with Crippen molar-refractivity contribution in [3.63, 3.8) is 0 Å². The number of halogens is 4. The second-order valence-electron chi connectivity index (χ2n) is 6.70. The lowest BCUT2D eigenvalue weighted by atomic mass is 9.81. The predicted molar refractivity (Wildman–Crippen MR) is 111 cm³/mol. The molecule has 140 valence electrons. The van der Waals surface area contributed by atoms with Gasteiger partial charge in [0.25, 0.3) is 0 Å². The summed E-state index contributed by atoms with van der Waals surface area (Å²) in [6, 6.07) is 2.18. The van der Waals surface area contributed by atoms with E-state index in [2.05, 4.69) is 62.8 Å². The summed E-state index contributed by atoms with van der Waals surface area (Å²) in [6.45, 7) is 10.8. The van der Waals surface area contributed by atoms with Gasteiger partial charge in [0.1, 0.15) is 0 Å². The first kappa shape index (κ1) is 24.3. The zero-order chi connectivity index (χ0) is 16.5. The highest BCUT2D eigenvalue weighted by Crippen LogP contribution is 2.48. The highest BCUT2D eigenvalue weighted by molar-refractivity contribution is 9.13. The van der Waals surface area contributed by atoms with Gasteiger partial charge in [-0.3, -0.25) is 4.90 Å². The second-order valence-corrected chi connectivity index (χ2v) is 8.29. The third-order valence-corrected chi connectivity index (χ3v) is 6.18. The minimum absolute atomic E-state index is 0. The number of benzene rings is 1. The average Bonchev–Trinajstić information content (AvgIpc) is 2.47. The Kier molecular flexibility index (Phi) is 9.95. The third kappa shape index (κ3) is 5.15. The Bertz CT molecular complexity index is 548. The standard InChI is InChI=1S/C16H24Br2N2O2.2ClH/c1-16(2,3)15(20-7-5-19-6-8-20)10-9-11(22-4)14(21)13(18)12(10)17;;/h9,15,19,21H,5-8H2,1-4H3;2*1H/t15-;;/m1../s1. The van der Waals surface area contributed by atoms with E-state index in [0.717, 1.165) is 36.2 Å². The largest absolute Gasteiger partial charge is 0.503 e. The van der Waals surface area contributed by atoms with E-state index in [1.807, 2.05) is 6.07 Å². The minimum atomic E-state index is 0. The number of piperazine rings is 1. The Morgan fingerprint density at radius 3 is 2.17 bits per heavy atom. The van der Waals surface area contributed by atoms with E-state index < -0.39 is 0 Å². The summed E-state index contributed by atoms with van der Waals surface area (Å²) in [5, 5.41) is 13.6. The zero-order valence-electron chi connectivity index (χ0n) is 14.4. The van der Waals surface area contributed by atoms with Crippen LogP contribution >= 0.6 is 56.7 Å². The molecule has 1 aromatic rings. The zero-order valence-corrected chi connectivity index (χ0v) is 19.2. The lowest BCUT2D eigenvalue weighted by Crippen LogP contribution is -2.48. The molecule has 1 fully saturated rings. The van der Waals surface area contributed by atoms with Crippen molar-refractivity contribution in [3.05, 3.63) is 20.6 Å². The van der Waals surface area contributed by atoms with Crippen LogP contribution in [0, 0.1) is 5.41 Å². The Morgan fingerprint density at radius 2 is 1.71 bits per heavy atom. The van der Waals surface area contributed by atoms with Crippen LogP contribution in [0.1, 0.15) is 32.4 Å². The van der Waals surface area contributed by atoms with Crippen molar-refractivity contribution in [3.8, 4) is 11.5 Å². The van der Waals surface area contributed by atoms with Gasteiger partial charge in [-0.2, -0.15) is 0 Å². The Balaban J connectivity index is 0.00000264. The highest BCUT2D eigenvalue weighted by atomic mass is 79.9. The summed E-state index contributed by atoms with van der Waals surface area (Å²) in [5.41, 5.74) is 1.19. The van der Waals surface area contributed by atoms with Crippen LogP contribution in [0.2, 0.25) is 0 Å². The molecule has 4 nitrogen and oxygen atoms in total. The van der Waals surface area contributed by atoms with Gasteiger partial charge in [-0.15, -0.1) is 24.8 Å². The molecule has 1 aliphatic heterocycles. The number of aromatic hydroxyl groups is 1. The molecule has 0 aliphatic carbocycles. The fourth-order valence-electron chi connectivity index (χ4n) is 3.12. The number of ether oxygens (including phenoxy) is 1. The van der Waals surface area contributed by atoms with E-state index in [4.69, 9.17) is 4.74 Å². The van der Waals surface area contributed by atoms with Crippen LogP contribution in [-0.2, 0) is 0 Å². The van der Waals surface area contributed by atoms with Crippen LogP contribution in [0.4, 0.5) is 0 Å². The van der Waals surface area contributed by atoms with Crippen LogP contribution in [0.3, 0.4) is 0 Å². The normalized spacial score (nSPS) is 16.8. The van der Waals surface area contributed by atoms with E-state index >= 15 is 0 Å². The molecule has 8 heteroatoms. The number of hydrogen-bond donors (Lipinski definition) is 2. The van der Waals surface area contributed by atoms with Gasteiger partial charge in [-0.25, -0.2) is 0 Å². The number of nitrogens with zero attached hydrogens (tertiary/aromatic N) is 1. The molecule has 0 radical (unpaired) electrons. The van der Waals surface area contributed by atoms with Crippen LogP contribution in [-0.4, -0.2) is 43.3 Å². The van der Waals surface area contributed by atoms with Gasteiger partial charge in [0.05, 0.1) is 11.6 Å². The molecule has 1 aliphatic rings. The van der Waals surface area contributed by atoms with Gasteiger partial charge in [0.15, 0.2) is 11.5 Å². The number of phenolic OH excluding ortho intramolecular Hbond substituents is 1. The number of rotatable bonds is 3.